The predicted octanol–water partition coefficient (Wildman–Crippen LogP) is 0.132. The van der Waals surface area contributed by atoms with E-state index in [1.807, 2.05) is 12.1 Å². The van der Waals surface area contributed by atoms with Gasteiger partial charge in [-0.2, -0.15) is 0 Å². The lowest BCUT2D eigenvalue weighted by Crippen LogP contribution is -2.41. The summed E-state index contributed by atoms with van der Waals surface area (Å²) in [6, 6.07) is 6.90. The molecule has 0 aliphatic carbocycles. The van der Waals surface area contributed by atoms with Gasteiger partial charge in [0.2, 0.25) is 0 Å². The second-order valence-electron chi connectivity index (χ2n) is 3.89. The Kier molecular flexibility index (Phi) is 7.22. The Morgan fingerprint density at radius 3 is 2.33 bits per heavy atom. The lowest BCUT2D eigenvalue weighted by atomic mass is 10.3. The topological polar surface area (TPSA) is 82.0 Å². The first-order chi connectivity index (χ1) is 8.65. The van der Waals surface area contributed by atoms with Crippen molar-refractivity contribution < 1.29 is 20.1 Å². The number of aliphatic hydroxyl groups excluding tert-OH is 3. The third kappa shape index (κ3) is 5.79. The van der Waals surface area contributed by atoms with E-state index in [1.165, 1.54) is 0 Å². The lowest BCUT2D eigenvalue weighted by molar-refractivity contribution is 0.0929. The number of hydrogen-bond acceptors (Lipinski definition) is 5. The minimum absolute atomic E-state index is 0.151. The summed E-state index contributed by atoms with van der Waals surface area (Å²) in [4.78, 5) is 0. The fraction of sp³-hybridized carbons (Fsp3) is 0.500. The molecule has 5 nitrogen and oxygen atoms in total. The summed E-state index contributed by atoms with van der Waals surface area (Å²) in [7, 11) is 0. The number of rotatable bonds is 8. The second-order valence-corrected chi connectivity index (χ2v) is 4.80. The van der Waals surface area contributed by atoms with Crippen LogP contribution in [-0.4, -0.2) is 53.8 Å². The summed E-state index contributed by atoms with van der Waals surface area (Å²) in [5.74, 6) is 0.679. The zero-order valence-corrected chi connectivity index (χ0v) is 11.5. The standard InChI is InChI=1S/C12H18BrNO4/c13-9-1-3-12(4-2-9)18-8-11(17)5-14-10(6-15)7-16/h1-4,10-11,14-17H,5-8H2. The van der Waals surface area contributed by atoms with E-state index in [4.69, 9.17) is 14.9 Å². The number of aliphatic hydroxyl groups is 3. The lowest BCUT2D eigenvalue weighted by Gasteiger charge is -2.17. The van der Waals surface area contributed by atoms with Crippen LogP contribution in [0.1, 0.15) is 0 Å². The van der Waals surface area contributed by atoms with Gasteiger partial charge in [0.1, 0.15) is 18.5 Å². The van der Waals surface area contributed by atoms with E-state index < -0.39 is 12.1 Å². The van der Waals surface area contributed by atoms with Crippen molar-refractivity contribution >= 4 is 15.9 Å². The largest absolute Gasteiger partial charge is 0.491 e. The Labute approximate surface area is 115 Å². The molecule has 0 aromatic heterocycles. The molecule has 1 aromatic rings. The third-order valence-electron chi connectivity index (χ3n) is 2.34. The first kappa shape index (κ1) is 15.4. The van der Waals surface area contributed by atoms with E-state index in [0.29, 0.717) is 5.75 Å². The SMILES string of the molecule is OCC(CO)NCC(O)COc1ccc(Br)cc1. The van der Waals surface area contributed by atoms with Crippen LogP contribution in [0.25, 0.3) is 0 Å². The van der Waals surface area contributed by atoms with E-state index in [0.717, 1.165) is 4.47 Å². The molecule has 0 bridgehead atoms. The molecule has 18 heavy (non-hydrogen) atoms. The highest BCUT2D eigenvalue weighted by atomic mass is 79.9. The Bertz CT molecular complexity index is 329. The normalized spacial score (nSPS) is 12.7. The molecular weight excluding hydrogens is 302 g/mol. The summed E-state index contributed by atoms with van der Waals surface area (Å²) < 4.78 is 6.35. The molecule has 1 aromatic carbocycles. The molecule has 1 atom stereocenters. The van der Waals surface area contributed by atoms with Gasteiger partial charge in [-0.1, -0.05) is 15.9 Å². The molecule has 0 aliphatic rings. The highest BCUT2D eigenvalue weighted by molar-refractivity contribution is 9.10. The van der Waals surface area contributed by atoms with Crippen LogP contribution in [0.4, 0.5) is 0 Å². The molecule has 0 fully saturated rings. The first-order valence-electron chi connectivity index (χ1n) is 5.67. The Balaban J connectivity index is 2.24. The van der Waals surface area contributed by atoms with Crippen LogP contribution in [0.3, 0.4) is 0 Å². The molecule has 4 N–H and O–H groups in total. The van der Waals surface area contributed by atoms with Crippen LogP contribution in [0.5, 0.6) is 5.75 Å². The van der Waals surface area contributed by atoms with Crippen LogP contribution in [0, 0.1) is 0 Å². The Hall–Kier alpha value is -0.660. The molecule has 0 heterocycles. The summed E-state index contributed by atoms with van der Waals surface area (Å²) in [5.41, 5.74) is 0. The van der Waals surface area contributed by atoms with Crippen molar-refractivity contribution in [3.05, 3.63) is 28.7 Å². The summed E-state index contributed by atoms with van der Waals surface area (Å²) in [6.45, 7) is 0.0636. The Morgan fingerprint density at radius 2 is 1.78 bits per heavy atom. The van der Waals surface area contributed by atoms with Gasteiger partial charge in [0.15, 0.2) is 0 Å². The van der Waals surface area contributed by atoms with Gasteiger partial charge in [-0.3, -0.25) is 0 Å². The molecular formula is C12H18BrNO4. The van der Waals surface area contributed by atoms with Gasteiger partial charge in [0.25, 0.3) is 0 Å². The highest BCUT2D eigenvalue weighted by Crippen LogP contribution is 2.16. The minimum atomic E-state index is -0.700. The third-order valence-corrected chi connectivity index (χ3v) is 2.87. The number of halogens is 1. The van der Waals surface area contributed by atoms with Crippen LogP contribution >= 0.6 is 15.9 Å². The summed E-state index contributed by atoms with van der Waals surface area (Å²) in [6.07, 6.45) is -0.700. The van der Waals surface area contributed by atoms with E-state index in [1.54, 1.807) is 12.1 Å². The van der Waals surface area contributed by atoms with Crippen LogP contribution < -0.4 is 10.1 Å². The van der Waals surface area contributed by atoms with Gasteiger partial charge < -0.3 is 25.4 Å². The van der Waals surface area contributed by atoms with Crippen molar-refractivity contribution in [2.24, 2.45) is 0 Å². The van der Waals surface area contributed by atoms with E-state index in [-0.39, 0.29) is 26.4 Å². The summed E-state index contributed by atoms with van der Waals surface area (Å²) in [5, 5.41) is 30.1. The quantitative estimate of drug-likeness (QED) is 0.547. The predicted molar refractivity (Wildman–Crippen MR) is 71.6 cm³/mol. The molecule has 0 saturated heterocycles. The maximum atomic E-state index is 9.64. The maximum Gasteiger partial charge on any atom is 0.119 e. The number of benzene rings is 1. The molecule has 6 heteroatoms. The van der Waals surface area contributed by atoms with E-state index >= 15 is 0 Å². The van der Waals surface area contributed by atoms with Gasteiger partial charge >= 0.3 is 0 Å². The van der Waals surface area contributed by atoms with E-state index in [9.17, 15) is 5.11 Å². The van der Waals surface area contributed by atoms with Gasteiger partial charge in [-0.25, -0.2) is 0 Å². The van der Waals surface area contributed by atoms with Crippen LogP contribution in [0.15, 0.2) is 28.7 Å². The molecule has 0 aliphatic heterocycles. The van der Waals surface area contributed by atoms with Crippen LogP contribution in [-0.2, 0) is 0 Å². The molecule has 102 valence electrons. The maximum absolute atomic E-state index is 9.64. The molecule has 1 unspecified atom stereocenters. The van der Waals surface area contributed by atoms with Crippen molar-refractivity contribution in [1.82, 2.24) is 5.32 Å². The monoisotopic (exact) mass is 319 g/mol. The second kappa shape index (κ2) is 8.44. The first-order valence-corrected chi connectivity index (χ1v) is 6.46. The zero-order valence-electron chi connectivity index (χ0n) is 9.92. The highest BCUT2D eigenvalue weighted by Gasteiger charge is 2.09. The molecule has 0 radical (unpaired) electrons. The minimum Gasteiger partial charge on any atom is -0.491 e. The van der Waals surface area contributed by atoms with Gasteiger partial charge in [0.05, 0.1) is 19.3 Å². The zero-order chi connectivity index (χ0) is 13.4. The smallest absolute Gasteiger partial charge is 0.119 e. The van der Waals surface area contributed by atoms with Crippen LogP contribution in [0.2, 0.25) is 0 Å². The van der Waals surface area contributed by atoms with Crippen molar-refractivity contribution in [2.75, 3.05) is 26.4 Å². The average molecular weight is 320 g/mol. The van der Waals surface area contributed by atoms with Gasteiger partial charge in [0, 0.05) is 11.0 Å². The Morgan fingerprint density at radius 1 is 1.17 bits per heavy atom. The molecule has 0 spiro atoms. The van der Waals surface area contributed by atoms with E-state index in [2.05, 4.69) is 21.2 Å². The number of nitrogens with one attached hydrogen (secondary N) is 1. The van der Waals surface area contributed by atoms with Crippen molar-refractivity contribution in [2.45, 2.75) is 12.1 Å². The number of hydrogen-bond donors (Lipinski definition) is 4. The fourth-order valence-electron chi connectivity index (χ4n) is 1.27. The van der Waals surface area contributed by atoms with Crippen molar-refractivity contribution in [1.29, 1.82) is 0 Å². The molecule has 0 saturated carbocycles. The average Bonchev–Trinajstić information content (AvgIpc) is 2.39. The van der Waals surface area contributed by atoms with Crippen molar-refractivity contribution in [3.8, 4) is 5.75 Å². The van der Waals surface area contributed by atoms with Gasteiger partial charge in [-0.15, -0.1) is 0 Å². The van der Waals surface area contributed by atoms with Gasteiger partial charge in [-0.05, 0) is 24.3 Å². The molecule has 1 rings (SSSR count). The molecule has 0 amide bonds. The van der Waals surface area contributed by atoms with Crippen molar-refractivity contribution in [3.63, 3.8) is 0 Å². The summed E-state index contributed by atoms with van der Waals surface area (Å²) >= 11 is 3.32. The fourth-order valence-corrected chi connectivity index (χ4v) is 1.54. The number of ether oxygens (including phenoxy) is 1.